The molecule has 1 aromatic rings. The van der Waals surface area contributed by atoms with E-state index >= 15 is 0 Å². The standard InChI is InChI=1S/C14H15N3O5S/c1-21-9-4-3-8(5-10(9)22-2)7-15-17-14-16-13(20)11(23-14)6-12(18)19/h3-5,7,11H,6H2,1-2H3,(H,18,19)(H,16,17,20)/t11-/m0/s1. The van der Waals surface area contributed by atoms with Crippen molar-refractivity contribution in [2.24, 2.45) is 10.2 Å². The Kier molecular flexibility index (Phi) is 5.58. The maximum atomic E-state index is 11.5. The highest BCUT2D eigenvalue weighted by molar-refractivity contribution is 8.15. The monoisotopic (exact) mass is 337 g/mol. The van der Waals surface area contributed by atoms with Gasteiger partial charge >= 0.3 is 5.97 Å². The zero-order valence-corrected chi connectivity index (χ0v) is 13.3. The maximum Gasteiger partial charge on any atom is 0.305 e. The lowest BCUT2D eigenvalue weighted by Gasteiger charge is -2.07. The van der Waals surface area contributed by atoms with Crippen LogP contribution < -0.4 is 14.8 Å². The Balaban J connectivity index is 2.04. The SMILES string of the molecule is COc1ccc(C=N/N=C2\NC(=O)[C@H](CC(=O)O)S2)cc1OC. The average molecular weight is 337 g/mol. The highest BCUT2D eigenvalue weighted by Crippen LogP contribution is 2.27. The lowest BCUT2D eigenvalue weighted by Crippen LogP contribution is -2.26. The molecule has 9 heteroatoms. The largest absolute Gasteiger partial charge is 0.493 e. The molecule has 0 aromatic heterocycles. The van der Waals surface area contributed by atoms with Crippen molar-refractivity contribution in [3.63, 3.8) is 0 Å². The van der Waals surface area contributed by atoms with Gasteiger partial charge in [0, 0.05) is 0 Å². The van der Waals surface area contributed by atoms with E-state index in [4.69, 9.17) is 14.6 Å². The van der Waals surface area contributed by atoms with Crippen LogP contribution in [0.1, 0.15) is 12.0 Å². The number of hydrogen-bond donors (Lipinski definition) is 2. The summed E-state index contributed by atoms with van der Waals surface area (Å²) in [7, 11) is 3.08. The van der Waals surface area contributed by atoms with Crippen LogP contribution in [0.15, 0.2) is 28.4 Å². The minimum Gasteiger partial charge on any atom is -0.493 e. The number of carbonyl (C=O) groups excluding carboxylic acids is 1. The van der Waals surface area contributed by atoms with Crippen molar-refractivity contribution in [2.75, 3.05) is 14.2 Å². The van der Waals surface area contributed by atoms with Crippen LogP contribution in [-0.4, -0.2) is 47.8 Å². The number of nitrogens with zero attached hydrogens (tertiary/aromatic N) is 2. The number of amides is 1. The van der Waals surface area contributed by atoms with Gasteiger partial charge in [-0.05, 0) is 23.8 Å². The average Bonchev–Trinajstić information content (AvgIpc) is 2.86. The molecule has 1 amide bonds. The van der Waals surface area contributed by atoms with Gasteiger partial charge in [0.05, 0.1) is 26.9 Å². The van der Waals surface area contributed by atoms with Crippen molar-refractivity contribution >= 4 is 35.0 Å². The molecule has 0 aliphatic carbocycles. The van der Waals surface area contributed by atoms with Crippen LogP contribution in [0.3, 0.4) is 0 Å². The molecule has 1 heterocycles. The van der Waals surface area contributed by atoms with E-state index < -0.39 is 11.2 Å². The molecule has 0 unspecified atom stereocenters. The zero-order valence-electron chi connectivity index (χ0n) is 12.5. The molecule has 23 heavy (non-hydrogen) atoms. The molecular weight excluding hydrogens is 322 g/mol. The topological polar surface area (TPSA) is 110 Å². The van der Waals surface area contributed by atoms with Crippen molar-refractivity contribution in [3.8, 4) is 11.5 Å². The van der Waals surface area contributed by atoms with E-state index in [2.05, 4.69) is 15.5 Å². The number of hydrogen-bond acceptors (Lipinski definition) is 7. The fraction of sp³-hybridized carbons (Fsp3) is 0.286. The molecule has 2 rings (SSSR count). The lowest BCUT2D eigenvalue weighted by molar-refractivity contribution is -0.138. The van der Waals surface area contributed by atoms with Crippen LogP contribution in [0.4, 0.5) is 0 Å². The molecule has 1 aromatic carbocycles. The van der Waals surface area contributed by atoms with Gasteiger partial charge in [0.15, 0.2) is 16.7 Å². The minimum atomic E-state index is -1.03. The molecule has 1 saturated heterocycles. The number of benzene rings is 1. The summed E-state index contributed by atoms with van der Waals surface area (Å²) in [6.45, 7) is 0. The van der Waals surface area contributed by atoms with Crippen molar-refractivity contribution in [1.29, 1.82) is 0 Å². The molecular formula is C14H15N3O5S. The van der Waals surface area contributed by atoms with Crippen LogP contribution in [0.5, 0.6) is 11.5 Å². The van der Waals surface area contributed by atoms with Gasteiger partial charge in [-0.15, -0.1) is 5.10 Å². The van der Waals surface area contributed by atoms with Crippen LogP contribution in [-0.2, 0) is 9.59 Å². The first-order valence-electron chi connectivity index (χ1n) is 6.56. The molecule has 1 aliphatic heterocycles. The number of ether oxygens (including phenoxy) is 2. The smallest absolute Gasteiger partial charge is 0.305 e. The number of thioether (sulfide) groups is 1. The second kappa shape index (κ2) is 7.63. The van der Waals surface area contributed by atoms with E-state index in [1.165, 1.54) is 13.3 Å². The van der Waals surface area contributed by atoms with Crippen molar-refractivity contribution < 1.29 is 24.2 Å². The van der Waals surface area contributed by atoms with Crippen LogP contribution in [0.2, 0.25) is 0 Å². The summed E-state index contributed by atoms with van der Waals surface area (Å²) in [5, 5.41) is 18.6. The Morgan fingerprint density at radius 3 is 2.78 bits per heavy atom. The fourth-order valence-corrected chi connectivity index (χ4v) is 2.74. The first-order chi connectivity index (χ1) is 11.0. The van der Waals surface area contributed by atoms with Gasteiger partial charge in [-0.25, -0.2) is 0 Å². The van der Waals surface area contributed by atoms with E-state index in [1.807, 2.05) is 0 Å². The summed E-state index contributed by atoms with van der Waals surface area (Å²) >= 11 is 1.05. The summed E-state index contributed by atoms with van der Waals surface area (Å²) in [6.07, 6.45) is 1.24. The molecule has 0 bridgehead atoms. The summed E-state index contributed by atoms with van der Waals surface area (Å²) < 4.78 is 10.3. The number of rotatable bonds is 6. The molecule has 0 spiro atoms. The molecule has 1 atom stereocenters. The van der Waals surface area contributed by atoms with Crippen molar-refractivity contribution in [3.05, 3.63) is 23.8 Å². The first-order valence-corrected chi connectivity index (χ1v) is 7.44. The third-order valence-corrected chi connectivity index (χ3v) is 3.97. The fourth-order valence-electron chi connectivity index (χ4n) is 1.83. The number of amidine groups is 1. The van der Waals surface area contributed by atoms with E-state index in [0.29, 0.717) is 11.5 Å². The van der Waals surface area contributed by atoms with Gasteiger partial charge in [0.25, 0.3) is 0 Å². The number of aliphatic carboxylic acids is 1. The second-order valence-electron chi connectivity index (χ2n) is 4.46. The van der Waals surface area contributed by atoms with Crippen LogP contribution >= 0.6 is 11.8 Å². The Morgan fingerprint density at radius 1 is 1.39 bits per heavy atom. The molecule has 0 radical (unpaired) electrons. The summed E-state index contributed by atoms with van der Waals surface area (Å²) in [4.78, 5) is 22.2. The van der Waals surface area contributed by atoms with Gasteiger partial charge in [-0.3, -0.25) is 9.59 Å². The van der Waals surface area contributed by atoms with E-state index in [-0.39, 0.29) is 17.5 Å². The van der Waals surface area contributed by atoms with Crippen molar-refractivity contribution in [1.82, 2.24) is 5.32 Å². The molecule has 1 aliphatic rings. The van der Waals surface area contributed by atoms with Gasteiger partial charge in [-0.2, -0.15) is 5.10 Å². The Hall–Kier alpha value is -2.55. The quantitative estimate of drug-likeness (QED) is 0.594. The first kappa shape index (κ1) is 16.8. The van der Waals surface area contributed by atoms with Crippen LogP contribution in [0, 0.1) is 0 Å². The Morgan fingerprint density at radius 2 is 2.13 bits per heavy atom. The number of methoxy groups -OCH3 is 2. The molecule has 122 valence electrons. The van der Waals surface area contributed by atoms with Crippen molar-refractivity contribution in [2.45, 2.75) is 11.7 Å². The highest BCUT2D eigenvalue weighted by Gasteiger charge is 2.32. The molecule has 1 fully saturated rings. The second-order valence-corrected chi connectivity index (χ2v) is 5.65. The molecule has 0 saturated carbocycles. The minimum absolute atomic E-state index is 0.255. The number of carbonyl (C=O) groups is 2. The van der Waals surface area contributed by atoms with Gasteiger partial charge in [-0.1, -0.05) is 11.8 Å². The normalized spacial score (nSPS) is 19.1. The number of carboxylic acid groups (broad SMARTS) is 1. The van der Waals surface area contributed by atoms with Gasteiger partial charge in [0.2, 0.25) is 5.91 Å². The third kappa shape index (κ3) is 4.46. The molecule has 2 N–H and O–H groups in total. The number of carboxylic acids is 1. The number of nitrogens with one attached hydrogen (secondary N) is 1. The van der Waals surface area contributed by atoms with E-state index in [1.54, 1.807) is 25.3 Å². The van der Waals surface area contributed by atoms with Gasteiger partial charge in [0.1, 0.15) is 5.25 Å². The predicted octanol–water partition coefficient (Wildman–Crippen LogP) is 1.10. The Labute approximate surface area is 136 Å². The Bertz CT molecular complexity index is 674. The van der Waals surface area contributed by atoms with Gasteiger partial charge < -0.3 is 19.9 Å². The summed E-state index contributed by atoms with van der Waals surface area (Å²) in [6, 6.07) is 5.25. The lowest BCUT2D eigenvalue weighted by atomic mass is 10.2. The summed E-state index contributed by atoms with van der Waals surface area (Å²) in [5.74, 6) is -0.245. The maximum absolute atomic E-state index is 11.5. The van der Waals surface area contributed by atoms with E-state index in [0.717, 1.165) is 17.3 Å². The zero-order chi connectivity index (χ0) is 16.8. The third-order valence-electron chi connectivity index (χ3n) is 2.90. The van der Waals surface area contributed by atoms with E-state index in [9.17, 15) is 9.59 Å². The summed E-state index contributed by atoms with van der Waals surface area (Å²) in [5.41, 5.74) is 0.739. The van der Waals surface area contributed by atoms with Crippen LogP contribution in [0.25, 0.3) is 0 Å². The highest BCUT2D eigenvalue weighted by atomic mass is 32.2. The molecule has 8 nitrogen and oxygen atoms in total. The predicted molar refractivity (Wildman–Crippen MR) is 86.3 cm³/mol.